The molecule has 10 rings (SSSR count). The van der Waals surface area contributed by atoms with Crippen molar-refractivity contribution in [1.82, 2.24) is 4.98 Å². The van der Waals surface area contributed by atoms with E-state index in [1.54, 1.807) is 0 Å². The van der Waals surface area contributed by atoms with Crippen LogP contribution < -0.4 is 0 Å². The number of pyridine rings is 1. The van der Waals surface area contributed by atoms with Crippen LogP contribution in [0.1, 0.15) is 5.56 Å². The molecular formula is C52H35N. The molecule has 0 fully saturated rings. The lowest BCUT2D eigenvalue weighted by molar-refractivity contribution is 1.32. The van der Waals surface area contributed by atoms with Crippen molar-refractivity contribution in [2.75, 3.05) is 0 Å². The van der Waals surface area contributed by atoms with E-state index in [9.17, 15) is 0 Å². The fourth-order valence-corrected chi connectivity index (χ4v) is 8.04. The molecule has 1 heteroatoms. The van der Waals surface area contributed by atoms with Gasteiger partial charge in [0.1, 0.15) is 0 Å². The Morgan fingerprint density at radius 1 is 0.283 bits per heavy atom. The van der Waals surface area contributed by atoms with Crippen molar-refractivity contribution in [3.8, 4) is 55.9 Å². The van der Waals surface area contributed by atoms with Crippen molar-refractivity contribution in [3.05, 3.63) is 200 Å². The highest BCUT2D eigenvalue weighted by Crippen LogP contribution is 2.46. The minimum Gasteiger partial charge on any atom is -0.248 e. The van der Waals surface area contributed by atoms with Crippen LogP contribution in [0.4, 0.5) is 0 Å². The zero-order valence-corrected chi connectivity index (χ0v) is 29.4. The molecule has 0 radical (unpaired) electrons. The van der Waals surface area contributed by atoms with Crippen LogP contribution in [0.5, 0.6) is 0 Å². The number of fused-ring (bicyclic) bond motifs is 4. The van der Waals surface area contributed by atoms with Crippen LogP contribution in [0.3, 0.4) is 0 Å². The Morgan fingerprint density at radius 2 is 0.736 bits per heavy atom. The molecule has 0 aliphatic rings. The van der Waals surface area contributed by atoms with Crippen LogP contribution in [-0.4, -0.2) is 4.98 Å². The highest BCUT2D eigenvalue weighted by atomic mass is 14.7. The van der Waals surface area contributed by atoms with Crippen LogP contribution in [0.2, 0.25) is 0 Å². The molecule has 53 heavy (non-hydrogen) atoms. The van der Waals surface area contributed by atoms with Gasteiger partial charge in [0.05, 0.1) is 11.4 Å². The topological polar surface area (TPSA) is 12.9 Å². The summed E-state index contributed by atoms with van der Waals surface area (Å²) in [6.45, 7) is 2.20. The second-order valence-corrected chi connectivity index (χ2v) is 14.0. The molecule has 9 aromatic carbocycles. The Kier molecular flexibility index (Phi) is 7.44. The van der Waals surface area contributed by atoms with E-state index < -0.39 is 0 Å². The number of hydrogen-bond acceptors (Lipinski definition) is 1. The monoisotopic (exact) mass is 673 g/mol. The number of aromatic nitrogens is 1. The third-order valence-corrected chi connectivity index (χ3v) is 10.6. The van der Waals surface area contributed by atoms with E-state index in [0.717, 1.165) is 33.6 Å². The molecule has 0 saturated heterocycles. The first-order chi connectivity index (χ1) is 26.2. The van der Waals surface area contributed by atoms with Gasteiger partial charge in [-0.1, -0.05) is 169 Å². The largest absolute Gasteiger partial charge is 0.248 e. The molecule has 1 heterocycles. The van der Waals surface area contributed by atoms with Crippen LogP contribution >= 0.6 is 0 Å². The predicted octanol–water partition coefficient (Wildman–Crippen LogP) is 14.3. The third kappa shape index (κ3) is 5.55. The predicted molar refractivity (Wildman–Crippen MR) is 226 cm³/mol. The van der Waals surface area contributed by atoms with E-state index in [0.29, 0.717) is 0 Å². The summed E-state index contributed by atoms with van der Waals surface area (Å²) in [6, 6.07) is 70.7. The Hall–Kier alpha value is -6.83. The van der Waals surface area contributed by atoms with Gasteiger partial charge in [0, 0.05) is 11.1 Å². The average molecular weight is 674 g/mol. The SMILES string of the molecule is Cc1ccc2c(-c3ccc4ccccc4c3)c3cc(-c4cc(-c5ccccc5)nc(-c5ccccc5)c4)ccc3c(-c3ccc4ccccc4c3)c2c1. The molecule has 248 valence electrons. The highest BCUT2D eigenvalue weighted by molar-refractivity contribution is 6.22. The summed E-state index contributed by atoms with van der Waals surface area (Å²) < 4.78 is 0. The Bertz CT molecular complexity index is 2940. The van der Waals surface area contributed by atoms with E-state index in [1.165, 1.54) is 70.9 Å². The van der Waals surface area contributed by atoms with Crippen molar-refractivity contribution in [2.45, 2.75) is 6.92 Å². The van der Waals surface area contributed by atoms with Crippen LogP contribution in [0.25, 0.3) is 99.0 Å². The van der Waals surface area contributed by atoms with E-state index in [1.807, 2.05) is 0 Å². The zero-order chi connectivity index (χ0) is 35.3. The van der Waals surface area contributed by atoms with Gasteiger partial charge in [-0.3, -0.25) is 0 Å². The molecule has 0 aliphatic heterocycles. The molecule has 1 nitrogen and oxygen atoms in total. The van der Waals surface area contributed by atoms with Gasteiger partial charge in [-0.2, -0.15) is 0 Å². The maximum absolute atomic E-state index is 5.18. The maximum atomic E-state index is 5.18. The number of rotatable bonds is 5. The fourth-order valence-electron chi connectivity index (χ4n) is 8.04. The summed E-state index contributed by atoms with van der Waals surface area (Å²) in [6.07, 6.45) is 0. The number of nitrogens with zero attached hydrogens (tertiary/aromatic N) is 1. The Labute approximate surface area is 309 Å². The van der Waals surface area contributed by atoms with E-state index in [-0.39, 0.29) is 0 Å². The van der Waals surface area contributed by atoms with Crippen LogP contribution in [-0.2, 0) is 0 Å². The molecule has 0 spiro atoms. The average Bonchev–Trinajstić information content (AvgIpc) is 3.22. The minimum atomic E-state index is 0.961. The van der Waals surface area contributed by atoms with E-state index in [2.05, 4.69) is 201 Å². The molecule has 10 aromatic rings. The smallest absolute Gasteiger partial charge is 0.0715 e. The van der Waals surface area contributed by atoms with Gasteiger partial charge in [0.2, 0.25) is 0 Å². The summed E-state index contributed by atoms with van der Waals surface area (Å²) in [7, 11) is 0. The van der Waals surface area contributed by atoms with Gasteiger partial charge in [-0.05, 0) is 114 Å². The van der Waals surface area contributed by atoms with Crippen molar-refractivity contribution in [1.29, 1.82) is 0 Å². The second-order valence-electron chi connectivity index (χ2n) is 14.0. The summed E-state index contributed by atoms with van der Waals surface area (Å²) in [5, 5.41) is 9.97. The molecule has 0 bridgehead atoms. The quantitative estimate of drug-likeness (QED) is 0.166. The van der Waals surface area contributed by atoms with Gasteiger partial charge in [-0.25, -0.2) is 4.98 Å². The highest BCUT2D eigenvalue weighted by Gasteiger charge is 2.19. The lowest BCUT2D eigenvalue weighted by atomic mass is 9.83. The van der Waals surface area contributed by atoms with Gasteiger partial charge >= 0.3 is 0 Å². The van der Waals surface area contributed by atoms with Crippen molar-refractivity contribution >= 4 is 43.1 Å². The standard InChI is InChI=1S/C52H35N/c1-34-20-26-45-47(28-34)51(42-23-21-35-12-8-10-18-39(35)29-42)46-27-25-41(31-48(46)52(45)43-24-22-36-13-9-11-19-40(36)30-43)44-32-49(37-14-4-2-5-15-37)53-50(33-44)38-16-6-3-7-17-38/h2-33H,1H3. The lowest BCUT2D eigenvalue weighted by Gasteiger charge is -2.20. The molecule has 0 unspecified atom stereocenters. The molecule has 0 amide bonds. The number of aryl methyl sites for hydroxylation is 1. The van der Waals surface area contributed by atoms with Gasteiger partial charge in [-0.15, -0.1) is 0 Å². The first-order valence-electron chi connectivity index (χ1n) is 18.3. The molecule has 1 aromatic heterocycles. The fraction of sp³-hybridized carbons (Fsp3) is 0.0192. The molecular weight excluding hydrogens is 639 g/mol. The molecule has 0 aliphatic carbocycles. The van der Waals surface area contributed by atoms with Gasteiger partial charge < -0.3 is 0 Å². The Balaban J connectivity index is 1.30. The first kappa shape index (κ1) is 30.9. The summed E-state index contributed by atoms with van der Waals surface area (Å²) in [5.41, 5.74) is 12.6. The molecule has 0 atom stereocenters. The van der Waals surface area contributed by atoms with Crippen molar-refractivity contribution < 1.29 is 0 Å². The molecule has 0 saturated carbocycles. The van der Waals surface area contributed by atoms with Crippen molar-refractivity contribution in [2.24, 2.45) is 0 Å². The lowest BCUT2D eigenvalue weighted by Crippen LogP contribution is -1.94. The third-order valence-electron chi connectivity index (χ3n) is 10.6. The maximum Gasteiger partial charge on any atom is 0.0715 e. The number of hydrogen-bond donors (Lipinski definition) is 0. The normalized spacial score (nSPS) is 11.5. The molecule has 0 N–H and O–H groups in total. The van der Waals surface area contributed by atoms with Crippen molar-refractivity contribution in [3.63, 3.8) is 0 Å². The summed E-state index contributed by atoms with van der Waals surface area (Å²) in [5.74, 6) is 0. The van der Waals surface area contributed by atoms with Gasteiger partial charge in [0.15, 0.2) is 0 Å². The van der Waals surface area contributed by atoms with Crippen LogP contribution in [0.15, 0.2) is 194 Å². The van der Waals surface area contributed by atoms with Gasteiger partial charge in [0.25, 0.3) is 0 Å². The van der Waals surface area contributed by atoms with Crippen LogP contribution in [0, 0.1) is 6.92 Å². The Morgan fingerprint density at radius 3 is 1.28 bits per heavy atom. The summed E-state index contributed by atoms with van der Waals surface area (Å²) in [4.78, 5) is 5.18. The zero-order valence-electron chi connectivity index (χ0n) is 29.4. The number of benzene rings is 9. The summed E-state index contributed by atoms with van der Waals surface area (Å²) >= 11 is 0. The second kappa shape index (κ2) is 12.7. The first-order valence-corrected chi connectivity index (χ1v) is 18.3. The van der Waals surface area contributed by atoms with E-state index >= 15 is 0 Å². The minimum absolute atomic E-state index is 0.961. The van der Waals surface area contributed by atoms with E-state index in [4.69, 9.17) is 4.98 Å².